The van der Waals surface area contributed by atoms with E-state index >= 15 is 0 Å². The van der Waals surface area contributed by atoms with Gasteiger partial charge in [-0.1, -0.05) is 5.21 Å². The number of hydrogen-bond donors (Lipinski definition) is 0. The number of methoxy groups -OCH3 is 1. The van der Waals surface area contributed by atoms with Crippen molar-refractivity contribution in [3.63, 3.8) is 0 Å². The highest BCUT2D eigenvalue weighted by Crippen LogP contribution is 2.39. The number of amides is 1. The number of hydrogen-bond acceptors (Lipinski definition) is 5. The first-order valence-electron chi connectivity index (χ1n) is 7.93. The number of nitrogens with zero attached hydrogens (tertiary/aromatic N) is 4. The first-order chi connectivity index (χ1) is 10.7. The highest BCUT2D eigenvalue weighted by molar-refractivity contribution is 5.77. The van der Waals surface area contributed by atoms with Crippen molar-refractivity contribution < 1.29 is 14.3 Å². The lowest BCUT2D eigenvalue weighted by Crippen LogP contribution is -2.29. The Morgan fingerprint density at radius 3 is 2.86 bits per heavy atom. The number of carbonyl (C=O) groups excluding carboxylic acids is 2. The topological polar surface area (TPSA) is 77.3 Å². The van der Waals surface area contributed by atoms with E-state index in [0.29, 0.717) is 31.7 Å². The summed E-state index contributed by atoms with van der Waals surface area (Å²) in [6, 6.07) is 0.226. The summed E-state index contributed by atoms with van der Waals surface area (Å²) in [5.41, 5.74) is 1.09. The van der Waals surface area contributed by atoms with E-state index in [0.717, 1.165) is 18.7 Å². The summed E-state index contributed by atoms with van der Waals surface area (Å²) in [4.78, 5) is 25.1. The van der Waals surface area contributed by atoms with Crippen molar-refractivity contribution in [3.8, 4) is 0 Å². The van der Waals surface area contributed by atoms with Gasteiger partial charge < -0.3 is 9.64 Å². The molecule has 2 aliphatic rings. The van der Waals surface area contributed by atoms with Crippen molar-refractivity contribution in [1.82, 2.24) is 19.9 Å². The lowest BCUT2D eigenvalue weighted by atomic mass is 10.2. The highest BCUT2D eigenvalue weighted by Gasteiger charge is 2.30. The number of carbonyl (C=O) groups is 2. The molecule has 120 valence electrons. The number of rotatable bonds is 6. The molecule has 22 heavy (non-hydrogen) atoms. The van der Waals surface area contributed by atoms with Gasteiger partial charge in [0.2, 0.25) is 5.91 Å². The molecule has 1 saturated carbocycles. The minimum atomic E-state index is -0.262. The Labute approximate surface area is 129 Å². The second-order valence-electron chi connectivity index (χ2n) is 6.11. The van der Waals surface area contributed by atoms with Crippen LogP contribution in [0, 0.1) is 0 Å². The molecule has 0 radical (unpaired) electrons. The van der Waals surface area contributed by atoms with E-state index in [1.54, 1.807) is 0 Å². The maximum absolute atomic E-state index is 12.1. The Morgan fingerprint density at radius 1 is 1.32 bits per heavy atom. The molecule has 1 amide bonds. The second kappa shape index (κ2) is 6.46. The van der Waals surface area contributed by atoms with Crippen molar-refractivity contribution in [2.45, 2.75) is 50.5 Å². The summed E-state index contributed by atoms with van der Waals surface area (Å²) in [6.07, 6.45) is 6.62. The molecule has 1 saturated heterocycles. The van der Waals surface area contributed by atoms with E-state index in [1.807, 2.05) is 15.8 Å². The van der Waals surface area contributed by atoms with Gasteiger partial charge in [0.05, 0.1) is 18.8 Å². The molecule has 1 atom stereocenters. The molecule has 1 aromatic heterocycles. The van der Waals surface area contributed by atoms with Crippen LogP contribution in [0.1, 0.15) is 56.2 Å². The third kappa shape index (κ3) is 3.45. The summed E-state index contributed by atoms with van der Waals surface area (Å²) >= 11 is 0. The van der Waals surface area contributed by atoms with Crippen LogP contribution >= 0.6 is 0 Å². The second-order valence-corrected chi connectivity index (χ2v) is 6.11. The van der Waals surface area contributed by atoms with Gasteiger partial charge in [-0.2, -0.15) is 0 Å². The molecule has 1 aliphatic heterocycles. The van der Waals surface area contributed by atoms with Gasteiger partial charge in [-0.05, 0) is 25.7 Å². The molecule has 7 nitrogen and oxygen atoms in total. The molecular weight excluding hydrogens is 284 g/mol. The minimum absolute atomic E-state index is 0.105. The maximum Gasteiger partial charge on any atom is 0.305 e. The van der Waals surface area contributed by atoms with E-state index in [4.69, 9.17) is 0 Å². The molecule has 1 aromatic rings. The van der Waals surface area contributed by atoms with Gasteiger partial charge in [0, 0.05) is 38.0 Å². The Hall–Kier alpha value is -1.92. The lowest BCUT2D eigenvalue weighted by molar-refractivity contribution is -0.140. The Kier molecular flexibility index (Phi) is 4.40. The molecule has 0 bridgehead atoms. The molecular formula is C15H22N4O3. The summed E-state index contributed by atoms with van der Waals surface area (Å²) in [5.74, 6) is 0.447. The van der Waals surface area contributed by atoms with E-state index in [-0.39, 0.29) is 17.9 Å². The fraction of sp³-hybridized carbons (Fsp3) is 0.733. The first-order valence-corrected chi connectivity index (χ1v) is 7.93. The van der Waals surface area contributed by atoms with Crippen LogP contribution in [0.4, 0.5) is 0 Å². The smallest absolute Gasteiger partial charge is 0.305 e. The predicted molar refractivity (Wildman–Crippen MR) is 78.1 cm³/mol. The van der Waals surface area contributed by atoms with E-state index < -0.39 is 0 Å². The molecule has 0 N–H and O–H groups in total. The zero-order chi connectivity index (χ0) is 15.5. The molecule has 2 fully saturated rings. The number of likely N-dealkylation sites (tertiary alicyclic amines) is 1. The van der Waals surface area contributed by atoms with Crippen LogP contribution in [0.15, 0.2) is 6.20 Å². The summed E-state index contributed by atoms with van der Waals surface area (Å²) in [5, 5.41) is 8.45. The van der Waals surface area contributed by atoms with Gasteiger partial charge in [-0.3, -0.25) is 9.59 Å². The monoisotopic (exact) mass is 306 g/mol. The summed E-state index contributed by atoms with van der Waals surface area (Å²) in [7, 11) is 1.36. The average molecular weight is 306 g/mol. The normalized spacial score (nSPS) is 21.1. The van der Waals surface area contributed by atoms with Crippen molar-refractivity contribution in [2.24, 2.45) is 0 Å². The quantitative estimate of drug-likeness (QED) is 0.740. The largest absolute Gasteiger partial charge is 0.469 e. The zero-order valence-corrected chi connectivity index (χ0v) is 12.9. The van der Waals surface area contributed by atoms with E-state index in [2.05, 4.69) is 15.0 Å². The van der Waals surface area contributed by atoms with Crippen molar-refractivity contribution in [1.29, 1.82) is 0 Å². The fourth-order valence-electron chi connectivity index (χ4n) is 2.86. The van der Waals surface area contributed by atoms with Crippen molar-refractivity contribution >= 4 is 11.9 Å². The summed E-state index contributed by atoms with van der Waals surface area (Å²) in [6.45, 7) is 1.44. The van der Waals surface area contributed by atoms with Crippen molar-refractivity contribution in [2.75, 3.05) is 20.2 Å². The van der Waals surface area contributed by atoms with Crippen LogP contribution in [0.25, 0.3) is 0 Å². The molecule has 0 aromatic carbocycles. The maximum atomic E-state index is 12.1. The molecule has 1 aliphatic carbocycles. The third-order valence-electron chi connectivity index (χ3n) is 4.41. The lowest BCUT2D eigenvalue weighted by Gasteiger charge is -2.16. The fourth-order valence-corrected chi connectivity index (χ4v) is 2.86. The molecule has 3 rings (SSSR count). The van der Waals surface area contributed by atoms with Gasteiger partial charge in [0.1, 0.15) is 0 Å². The van der Waals surface area contributed by atoms with Crippen LogP contribution in [-0.4, -0.2) is 52.0 Å². The number of ether oxygens (including phenoxy) is 1. The SMILES string of the molecule is COC(=O)CCCC(=O)N1CCC(n2cc(C3CC3)nn2)C1. The van der Waals surface area contributed by atoms with Gasteiger partial charge in [-0.15, -0.1) is 5.10 Å². The van der Waals surface area contributed by atoms with Crippen LogP contribution < -0.4 is 0 Å². The van der Waals surface area contributed by atoms with Crippen LogP contribution in [-0.2, 0) is 14.3 Å². The Bertz CT molecular complexity index is 553. The standard InChI is InChI=1S/C15H22N4O3/c1-22-15(21)4-2-3-14(20)18-8-7-12(9-18)19-10-13(16-17-19)11-5-6-11/h10-12H,2-9H2,1H3. The first kappa shape index (κ1) is 15.0. The van der Waals surface area contributed by atoms with Crippen molar-refractivity contribution in [3.05, 3.63) is 11.9 Å². The third-order valence-corrected chi connectivity index (χ3v) is 4.41. The van der Waals surface area contributed by atoms with E-state index in [9.17, 15) is 9.59 Å². The van der Waals surface area contributed by atoms with Gasteiger partial charge in [-0.25, -0.2) is 4.68 Å². The van der Waals surface area contributed by atoms with Gasteiger partial charge >= 0.3 is 5.97 Å². The minimum Gasteiger partial charge on any atom is -0.469 e. The number of esters is 1. The summed E-state index contributed by atoms with van der Waals surface area (Å²) < 4.78 is 6.49. The van der Waals surface area contributed by atoms with E-state index in [1.165, 1.54) is 20.0 Å². The molecule has 1 unspecified atom stereocenters. The molecule has 2 heterocycles. The van der Waals surface area contributed by atoms with Gasteiger partial charge in [0.15, 0.2) is 0 Å². The van der Waals surface area contributed by atoms with Gasteiger partial charge in [0.25, 0.3) is 0 Å². The number of aromatic nitrogens is 3. The van der Waals surface area contributed by atoms with Crippen LogP contribution in [0.5, 0.6) is 0 Å². The average Bonchev–Trinajstić information content (AvgIpc) is 3.05. The highest BCUT2D eigenvalue weighted by atomic mass is 16.5. The van der Waals surface area contributed by atoms with Crippen LogP contribution in [0.2, 0.25) is 0 Å². The molecule has 7 heteroatoms. The predicted octanol–water partition coefficient (Wildman–Crippen LogP) is 1.27. The Morgan fingerprint density at radius 2 is 2.14 bits per heavy atom. The Balaban J connectivity index is 1.46. The molecule has 0 spiro atoms. The zero-order valence-electron chi connectivity index (χ0n) is 12.9. The van der Waals surface area contributed by atoms with Crippen LogP contribution in [0.3, 0.4) is 0 Å².